The van der Waals surface area contributed by atoms with Gasteiger partial charge >= 0.3 is 5.97 Å². The predicted octanol–water partition coefficient (Wildman–Crippen LogP) is 4.44. The van der Waals surface area contributed by atoms with Crippen LogP contribution in [0.4, 0.5) is 0 Å². The second-order valence-corrected chi connectivity index (χ2v) is 9.39. The van der Waals surface area contributed by atoms with Gasteiger partial charge in [-0.15, -0.1) is 11.3 Å². The molecule has 0 aliphatic heterocycles. The number of carbonyl (C=O) groups is 1. The standard InChI is InChI=1S/C21H21NO4S2/c1-4-15-6-8-16(9-7-15)20-22-17(13-27-20)12-26-21(23)19-11-18(28(3,24)25)10-5-14(19)2/h5-11,13H,4,12H2,1-3H3. The lowest BCUT2D eigenvalue weighted by Crippen LogP contribution is -2.09. The lowest BCUT2D eigenvalue weighted by molar-refractivity contribution is 0.0467. The Kier molecular flexibility index (Phi) is 5.96. The smallest absolute Gasteiger partial charge is 0.338 e. The fourth-order valence-corrected chi connectivity index (χ4v) is 4.12. The fraction of sp³-hybridized carbons (Fsp3) is 0.238. The van der Waals surface area contributed by atoms with Crippen LogP contribution in [0.5, 0.6) is 0 Å². The molecule has 5 nitrogen and oxygen atoms in total. The van der Waals surface area contributed by atoms with Gasteiger partial charge in [-0.1, -0.05) is 37.3 Å². The van der Waals surface area contributed by atoms with Crippen LogP contribution < -0.4 is 0 Å². The van der Waals surface area contributed by atoms with Crippen LogP contribution in [0.3, 0.4) is 0 Å². The zero-order valence-corrected chi connectivity index (χ0v) is 17.6. The highest BCUT2D eigenvalue weighted by Crippen LogP contribution is 2.25. The molecule has 0 atom stereocenters. The molecule has 7 heteroatoms. The molecule has 0 aliphatic carbocycles. The van der Waals surface area contributed by atoms with Gasteiger partial charge in [-0.3, -0.25) is 0 Å². The molecule has 0 saturated heterocycles. The van der Waals surface area contributed by atoms with E-state index in [1.807, 2.05) is 17.5 Å². The highest BCUT2D eigenvalue weighted by Gasteiger charge is 2.16. The number of nitrogens with zero attached hydrogens (tertiary/aromatic N) is 1. The quantitative estimate of drug-likeness (QED) is 0.557. The van der Waals surface area contributed by atoms with Crippen molar-refractivity contribution in [3.8, 4) is 10.6 Å². The van der Waals surface area contributed by atoms with Gasteiger partial charge in [0.25, 0.3) is 0 Å². The van der Waals surface area contributed by atoms with Crippen LogP contribution in [0.2, 0.25) is 0 Å². The van der Waals surface area contributed by atoms with E-state index in [-0.39, 0.29) is 17.1 Å². The van der Waals surface area contributed by atoms with Crippen LogP contribution in [-0.4, -0.2) is 25.6 Å². The van der Waals surface area contributed by atoms with Crippen molar-refractivity contribution in [2.45, 2.75) is 31.8 Å². The molecule has 0 aliphatic rings. The maximum Gasteiger partial charge on any atom is 0.338 e. The van der Waals surface area contributed by atoms with Crippen molar-refractivity contribution in [1.82, 2.24) is 4.98 Å². The van der Waals surface area contributed by atoms with E-state index < -0.39 is 15.8 Å². The molecule has 0 spiro atoms. The molecule has 0 amide bonds. The highest BCUT2D eigenvalue weighted by atomic mass is 32.2. The summed E-state index contributed by atoms with van der Waals surface area (Å²) in [6.45, 7) is 3.88. The Balaban J connectivity index is 1.71. The van der Waals surface area contributed by atoms with E-state index in [0.717, 1.165) is 23.2 Å². The number of esters is 1. The first-order valence-corrected chi connectivity index (χ1v) is 11.6. The van der Waals surface area contributed by atoms with Crippen LogP contribution in [-0.2, 0) is 27.6 Å². The topological polar surface area (TPSA) is 73.3 Å². The van der Waals surface area contributed by atoms with Crippen molar-refractivity contribution >= 4 is 27.1 Å². The number of sulfone groups is 1. The summed E-state index contributed by atoms with van der Waals surface area (Å²) in [6.07, 6.45) is 2.09. The van der Waals surface area contributed by atoms with E-state index in [2.05, 4.69) is 24.0 Å². The number of rotatable bonds is 6. The van der Waals surface area contributed by atoms with Gasteiger partial charge in [-0.05, 0) is 36.6 Å². The van der Waals surface area contributed by atoms with Gasteiger partial charge in [0.1, 0.15) is 11.6 Å². The van der Waals surface area contributed by atoms with Gasteiger partial charge in [0.15, 0.2) is 9.84 Å². The van der Waals surface area contributed by atoms with Crippen molar-refractivity contribution in [3.05, 3.63) is 70.2 Å². The van der Waals surface area contributed by atoms with E-state index in [0.29, 0.717) is 11.3 Å². The maximum atomic E-state index is 12.4. The third-order valence-electron chi connectivity index (χ3n) is 4.37. The third-order valence-corrected chi connectivity index (χ3v) is 6.42. The van der Waals surface area contributed by atoms with Gasteiger partial charge in [0, 0.05) is 17.2 Å². The van der Waals surface area contributed by atoms with Crippen LogP contribution >= 0.6 is 11.3 Å². The summed E-state index contributed by atoms with van der Waals surface area (Å²) in [6, 6.07) is 12.7. The molecule has 0 unspecified atom stereocenters. The van der Waals surface area contributed by atoms with E-state index in [1.54, 1.807) is 13.0 Å². The third kappa shape index (κ3) is 4.66. The molecule has 28 heavy (non-hydrogen) atoms. The van der Waals surface area contributed by atoms with E-state index in [1.165, 1.54) is 29.0 Å². The number of benzene rings is 2. The Hall–Kier alpha value is -2.51. The van der Waals surface area contributed by atoms with Crippen LogP contribution in [0.1, 0.15) is 34.1 Å². The molecular weight excluding hydrogens is 394 g/mol. The number of hydrogen-bond donors (Lipinski definition) is 0. The molecule has 1 aromatic heterocycles. The first-order valence-electron chi connectivity index (χ1n) is 8.79. The van der Waals surface area contributed by atoms with Crippen molar-refractivity contribution in [2.24, 2.45) is 0 Å². The van der Waals surface area contributed by atoms with Crippen molar-refractivity contribution in [3.63, 3.8) is 0 Å². The molecule has 3 aromatic rings. The molecule has 146 valence electrons. The second kappa shape index (κ2) is 8.24. The van der Waals surface area contributed by atoms with Crippen molar-refractivity contribution in [2.75, 3.05) is 6.26 Å². The minimum absolute atomic E-state index is 0.0327. The maximum absolute atomic E-state index is 12.4. The van der Waals surface area contributed by atoms with E-state index in [4.69, 9.17) is 4.74 Å². The Bertz CT molecular complexity index is 1100. The summed E-state index contributed by atoms with van der Waals surface area (Å²) in [5.74, 6) is -0.565. The predicted molar refractivity (Wildman–Crippen MR) is 110 cm³/mol. The molecular formula is C21H21NO4S2. The number of carbonyl (C=O) groups excluding carboxylic acids is 1. The van der Waals surface area contributed by atoms with E-state index in [9.17, 15) is 13.2 Å². The number of hydrogen-bond acceptors (Lipinski definition) is 6. The first-order chi connectivity index (χ1) is 13.3. The lowest BCUT2D eigenvalue weighted by Gasteiger charge is -2.08. The number of aryl methyl sites for hydroxylation is 2. The molecule has 0 N–H and O–H groups in total. The summed E-state index contributed by atoms with van der Waals surface area (Å²) in [5.41, 5.74) is 3.85. The lowest BCUT2D eigenvalue weighted by atomic mass is 10.1. The van der Waals surface area contributed by atoms with E-state index >= 15 is 0 Å². The highest BCUT2D eigenvalue weighted by molar-refractivity contribution is 7.90. The number of aromatic nitrogens is 1. The molecule has 0 fully saturated rings. The van der Waals surface area contributed by atoms with Gasteiger partial charge in [0.2, 0.25) is 0 Å². The van der Waals surface area contributed by atoms with Gasteiger partial charge in [-0.25, -0.2) is 18.2 Å². The summed E-state index contributed by atoms with van der Waals surface area (Å²) < 4.78 is 28.8. The Morgan fingerprint density at radius 2 is 1.86 bits per heavy atom. The monoisotopic (exact) mass is 415 g/mol. The minimum atomic E-state index is -3.39. The van der Waals surface area contributed by atoms with Crippen molar-refractivity contribution in [1.29, 1.82) is 0 Å². The summed E-state index contributed by atoms with van der Waals surface area (Å²) in [5, 5.41) is 2.72. The Labute approximate surface area is 168 Å². The van der Waals surface area contributed by atoms with Gasteiger partial charge in [-0.2, -0.15) is 0 Å². The number of thiazole rings is 1. The molecule has 2 aromatic carbocycles. The SMILES string of the molecule is CCc1ccc(-c2nc(COC(=O)c3cc(S(C)(=O)=O)ccc3C)cs2)cc1. The van der Waals surface area contributed by atoms with Crippen LogP contribution in [0.25, 0.3) is 10.6 Å². The summed E-state index contributed by atoms with van der Waals surface area (Å²) in [4.78, 5) is 17.0. The zero-order valence-electron chi connectivity index (χ0n) is 15.9. The molecule has 0 bridgehead atoms. The van der Waals surface area contributed by atoms with Gasteiger partial charge < -0.3 is 4.74 Å². The normalized spacial score (nSPS) is 11.4. The number of ether oxygens (including phenoxy) is 1. The zero-order chi connectivity index (χ0) is 20.3. The average Bonchev–Trinajstić information content (AvgIpc) is 3.14. The van der Waals surface area contributed by atoms with Crippen LogP contribution in [0.15, 0.2) is 52.7 Å². The molecule has 3 rings (SSSR count). The first kappa shape index (κ1) is 20.2. The minimum Gasteiger partial charge on any atom is -0.456 e. The molecule has 0 saturated carbocycles. The molecule has 0 radical (unpaired) electrons. The van der Waals surface area contributed by atoms with Gasteiger partial charge in [0.05, 0.1) is 16.2 Å². The Morgan fingerprint density at radius 3 is 2.50 bits per heavy atom. The average molecular weight is 416 g/mol. The largest absolute Gasteiger partial charge is 0.456 e. The Morgan fingerprint density at radius 1 is 1.14 bits per heavy atom. The second-order valence-electron chi connectivity index (χ2n) is 6.52. The summed E-state index contributed by atoms with van der Waals surface area (Å²) in [7, 11) is -3.39. The summed E-state index contributed by atoms with van der Waals surface area (Å²) >= 11 is 1.49. The molecule has 1 heterocycles. The van der Waals surface area contributed by atoms with Crippen molar-refractivity contribution < 1.29 is 17.9 Å². The fourth-order valence-electron chi connectivity index (χ4n) is 2.66. The van der Waals surface area contributed by atoms with Crippen LogP contribution in [0, 0.1) is 6.92 Å².